The van der Waals surface area contributed by atoms with Crippen LogP contribution in [0.4, 0.5) is 9.18 Å². The van der Waals surface area contributed by atoms with Gasteiger partial charge < -0.3 is 15.5 Å². The molecule has 1 atom stereocenters. The Morgan fingerprint density at radius 1 is 1.48 bits per heavy atom. The Bertz CT molecular complexity index is 641. The Labute approximate surface area is 134 Å². The van der Waals surface area contributed by atoms with Crippen molar-refractivity contribution in [3.8, 4) is 6.07 Å². The van der Waals surface area contributed by atoms with Gasteiger partial charge in [-0.25, -0.2) is 9.18 Å². The zero-order valence-corrected chi connectivity index (χ0v) is 12.9. The number of amides is 3. The Morgan fingerprint density at radius 2 is 2.26 bits per heavy atom. The number of rotatable bonds is 3. The standard InChI is InChI=1S/C16H19FN4O2/c1-19-15(22)12-3-2-6-21(10-12)16(23)20-9-13-7-11(8-18)4-5-14(13)17/h4-5,7,12H,2-3,6,9-10H2,1H3,(H,19,22)(H,20,23)/t12-/m0/s1. The van der Waals surface area contributed by atoms with Gasteiger partial charge in [-0.2, -0.15) is 5.26 Å². The van der Waals surface area contributed by atoms with Crippen molar-refractivity contribution in [2.45, 2.75) is 19.4 Å². The number of hydrogen-bond donors (Lipinski definition) is 2. The van der Waals surface area contributed by atoms with Gasteiger partial charge >= 0.3 is 6.03 Å². The number of nitrogens with zero attached hydrogens (tertiary/aromatic N) is 2. The summed E-state index contributed by atoms with van der Waals surface area (Å²) in [5.41, 5.74) is 0.602. The number of nitrogens with one attached hydrogen (secondary N) is 2. The highest BCUT2D eigenvalue weighted by Gasteiger charge is 2.27. The first-order valence-electron chi connectivity index (χ1n) is 7.48. The van der Waals surface area contributed by atoms with Gasteiger partial charge in [-0.05, 0) is 31.0 Å². The van der Waals surface area contributed by atoms with Crippen LogP contribution in [-0.4, -0.2) is 37.0 Å². The molecule has 2 rings (SSSR count). The average molecular weight is 318 g/mol. The summed E-state index contributed by atoms with van der Waals surface area (Å²) >= 11 is 0. The molecule has 0 unspecified atom stereocenters. The molecular weight excluding hydrogens is 299 g/mol. The van der Waals surface area contributed by atoms with Crippen LogP contribution in [0.3, 0.4) is 0 Å². The third-order valence-corrected chi connectivity index (χ3v) is 3.93. The largest absolute Gasteiger partial charge is 0.359 e. The molecule has 3 amide bonds. The summed E-state index contributed by atoms with van der Waals surface area (Å²) in [7, 11) is 1.58. The Balaban J connectivity index is 1.94. The summed E-state index contributed by atoms with van der Waals surface area (Å²) in [6, 6.07) is 5.62. The minimum Gasteiger partial charge on any atom is -0.359 e. The summed E-state index contributed by atoms with van der Waals surface area (Å²) in [6.07, 6.45) is 1.51. The second-order valence-corrected chi connectivity index (χ2v) is 5.48. The van der Waals surface area contributed by atoms with E-state index in [0.717, 1.165) is 12.8 Å². The summed E-state index contributed by atoms with van der Waals surface area (Å²) in [4.78, 5) is 25.4. The van der Waals surface area contributed by atoms with Crippen molar-refractivity contribution in [1.29, 1.82) is 5.26 Å². The molecule has 1 aromatic rings. The number of piperidine rings is 1. The van der Waals surface area contributed by atoms with Gasteiger partial charge in [0.05, 0.1) is 17.6 Å². The third kappa shape index (κ3) is 4.19. The molecule has 23 heavy (non-hydrogen) atoms. The van der Waals surface area contributed by atoms with Crippen LogP contribution in [0.25, 0.3) is 0 Å². The molecule has 0 saturated carbocycles. The van der Waals surface area contributed by atoms with E-state index in [1.54, 1.807) is 11.9 Å². The van der Waals surface area contributed by atoms with Crippen LogP contribution in [0, 0.1) is 23.1 Å². The molecule has 0 aliphatic carbocycles. The minimum absolute atomic E-state index is 0.00132. The lowest BCUT2D eigenvalue weighted by Crippen LogP contribution is -2.48. The van der Waals surface area contributed by atoms with Gasteiger partial charge in [0, 0.05) is 32.2 Å². The average Bonchev–Trinajstić information content (AvgIpc) is 2.60. The summed E-state index contributed by atoms with van der Waals surface area (Å²) in [6.45, 7) is 0.924. The normalized spacial score (nSPS) is 17.3. The first kappa shape index (κ1) is 16.7. The molecule has 122 valence electrons. The van der Waals surface area contributed by atoms with E-state index in [1.165, 1.54) is 18.2 Å². The Hall–Kier alpha value is -2.62. The molecular formula is C16H19FN4O2. The van der Waals surface area contributed by atoms with Crippen LogP contribution in [0.2, 0.25) is 0 Å². The number of carbonyl (C=O) groups is 2. The maximum atomic E-state index is 13.7. The van der Waals surface area contributed by atoms with E-state index in [-0.39, 0.29) is 30.0 Å². The summed E-state index contributed by atoms with van der Waals surface area (Å²) < 4.78 is 13.7. The maximum Gasteiger partial charge on any atom is 0.317 e. The number of carbonyl (C=O) groups excluding carboxylic acids is 2. The first-order valence-corrected chi connectivity index (χ1v) is 7.48. The second-order valence-electron chi connectivity index (χ2n) is 5.48. The Kier molecular flexibility index (Phi) is 5.52. The van der Waals surface area contributed by atoms with E-state index >= 15 is 0 Å². The summed E-state index contributed by atoms with van der Waals surface area (Å²) in [5, 5.41) is 14.1. The molecule has 1 aromatic carbocycles. The quantitative estimate of drug-likeness (QED) is 0.882. The van der Waals surface area contributed by atoms with Gasteiger partial charge in [0.1, 0.15) is 5.82 Å². The van der Waals surface area contributed by atoms with E-state index in [4.69, 9.17) is 5.26 Å². The van der Waals surface area contributed by atoms with E-state index < -0.39 is 5.82 Å². The highest BCUT2D eigenvalue weighted by Crippen LogP contribution is 2.17. The molecule has 0 spiro atoms. The number of hydrogen-bond acceptors (Lipinski definition) is 3. The number of nitriles is 1. The SMILES string of the molecule is CNC(=O)[C@H]1CCCN(C(=O)NCc2cc(C#N)ccc2F)C1. The zero-order valence-electron chi connectivity index (χ0n) is 12.9. The molecule has 1 saturated heterocycles. The van der Waals surface area contributed by atoms with E-state index in [2.05, 4.69) is 10.6 Å². The lowest BCUT2D eigenvalue weighted by Gasteiger charge is -2.31. The van der Waals surface area contributed by atoms with Crippen molar-refractivity contribution in [1.82, 2.24) is 15.5 Å². The van der Waals surface area contributed by atoms with Gasteiger partial charge in [-0.3, -0.25) is 4.79 Å². The highest BCUT2D eigenvalue weighted by atomic mass is 19.1. The van der Waals surface area contributed by atoms with Gasteiger partial charge in [0.15, 0.2) is 0 Å². The van der Waals surface area contributed by atoms with Crippen molar-refractivity contribution in [2.75, 3.05) is 20.1 Å². The van der Waals surface area contributed by atoms with Crippen molar-refractivity contribution >= 4 is 11.9 Å². The summed E-state index contributed by atoms with van der Waals surface area (Å²) in [5.74, 6) is -0.750. The molecule has 7 heteroatoms. The molecule has 1 aliphatic heterocycles. The molecule has 2 N–H and O–H groups in total. The number of benzene rings is 1. The van der Waals surface area contributed by atoms with Crippen LogP contribution in [0.5, 0.6) is 0 Å². The van der Waals surface area contributed by atoms with Crippen molar-refractivity contribution in [2.24, 2.45) is 5.92 Å². The minimum atomic E-state index is -0.466. The predicted octanol–water partition coefficient (Wildman–Crippen LogP) is 1.36. The van der Waals surface area contributed by atoms with Crippen LogP contribution >= 0.6 is 0 Å². The lowest BCUT2D eigenvalue weighted by molar-refractivity contribution is -0.125. The number of halogens is 1. The van der Waals surface area contributed by atoms with E-state index in [1.807, 2.05) is 6.07 Å². The van der Waals surface area contributed by atoms with Gasteiger partial charge in [0.25, 0.3) is 0 Å². The van der Waals surface area contributed by atoms with Crippen LogP contribution in [-0.2, 0) is 11.3 Å². The van der Waals surface area contributed by atoms with Crippen molar-refractivity contribution in [3.05, 3.63) is 35.1 Å². The fraction of sp³-hybridized carbons (Fsp3) is 0.438. The molecule has 0 aromatic heterocycles. The highest BCUT2D eigenvalue weighted by molar-refractivity contribution is 5.80. The molecule has 1 heterocycles. The molecule has 0 radical (unpaired) electrons. The number of urea groups is 1. The molecule has 1 aliphatic rings. The fourth-order valence-corrected chi connectivity index (χ4v) is 2.64. The Morgan fingerprint density at radius 3 is 2.96 bits per heavy atom. The number of likely N-dealkylation sites (tertiary alicyclic amines) is 1. The second kappa shape index (κ2) is 7.58. The molecule has 0 bridgehead atoms. The molecule has 1 fully saturated rings. The van der Waals surface area contributed by atoms with Gasteiger partial charge in [0.2, 0.25) is 5.91 Å². The first-order chi connectivity index (χ1) is 11.0. The topological polar surface area (TPSA) is 85.2 Å². The third-order valence-electron chi connectivity index (χ3n) is 3.93. The fourth-order valence-electron chi connectivity index (χ4n) is 2.64. The smallest absolute Gasteiger partial charge is 0.317 e. The van der Waals surface area contributed by atoms with Crippen LogP contribution in [0.1, 0.15) is 24.0 Å². The van der Waals surface area contributed by atoms with Gasteiger partial charge in [-0.15, -0.1) is 0 Å². The van der Waals surface area contributed by atoms with E-state index in [9.17, 15) is 14.0 Å². The van der Waals surface area contributed by atoms with Crippen molar-refractivity contribution < 1.29 is 14.0 Å². The monoisotopic (exact) mass is 318 g/mol. The molecule has 6 nitrogen and oxygen atoms in total. The predicted molar refractivity (Wildman–Crippen MR) is 81.7 cm³/mol. The van der Waals surface area contributed by atoms with Crippen LogP contribution in [0.15, 0.2) is 18.2 Å². The maximum absolute atomic E-state index is 13.7. The van der Waals surface area contributed by atoms with Gasteiger partial charge in [-0.1, -0.05) is 0 Å². The van der Waals surface area contributed by atoms with Crippen LogP contribution < -0.4 is 10.6 Å². The van der Waals surface area contributed by atoms with E-state index in [0.29, 0.717) is 18.7 Å². The zero-order chi connectivity index (χ0) is 16.8. The lowest BCUT2D eigenvalue weighted by atomic mass is 9.97. The van der Waals surface area contributed by atoms with Crippen molar-refractivity contribution in [3.63, 3.8) is 0 Å².